The Labute approximate surface area is 200 Å². The SMILES string of the molecule is CCNC(=NCc1ccccc1CN1CCOCC1)NCCc1cc(F)ccc1F.I. The van der Waals surface area contributed by atoms with Crippen molar-refractivity contribution in [3.8, 4) is 0 Å². The molecule has 2 aromatic carbocycles. The summed E-state index contributed by atoms with van der Waals surface area (Å²) in [4.78, 5) is 7.08. The molecular formula is C23H31F2IN4O. The maximum absolute atomic E-state index is 13.8. The number of morpholine rings is 1. The van der Waals surface area contributed by atoms with Crippen LogP contribution in [0.25, 0.3) is 0 Å². The largest absolute Gasteiger partial charge is 0.379 e. The van der Waals surface area contributed by atoms with Crippen molar-refractivity contribution in [2.45, 2.75) is 26.4 Å². The molecule has 1 saturated heterocycles. The molecule has 0 atom stereocenters. The molecule has 0 unspecified atom stereocenters. The fraction of sp³-hybridized carbons (Fsp3) is 0.435. The van der Waals surface area contributed by atoms with E-state index in [1.54, 1.807) is 0 Å². The van der Waals surface area contributed by atoms with Gasteiger partial charge in [-0.25, -0.2) is 13.8 Å². The van der Waals surface area contributed by atoms with E-state index in [9.17, 15) is 8.78 Å². The van der Waals surface area contributed by atoms with Gasteiger partial charge < -0.3 is 15.4 Å². The second-order valence-electron chi connectivity index (χ2n) is 7.26. The second kappa shape index (κ2) is 13.6. The number of aliphatic imine (C=N–C) groups is 1. The molecule has 1 fully saturated rings. The van der Waals surface area contributed by atoms with E-state index < -0.39 is 11.6 Å². The van der Waals surface area contributed by atoms with Crippen LogP contribution in [-0.4, -0.2) is 50.3 Å². The van der Waals surface area contributed by atoms with Crippen molar-refractivity contribution >= 4 is 29.9 Å². The van der Waals surface area contributed by atoms with Crippen LogP contribution in [-0.2, 0) is 24.2 Å². The molecule has 1 aliphatic rings. The Hall–Kier alpha value is -1.78. The third-order valence-electron chi connectivity index (χ3n) is 5.06. The summed E-state index contributed by atoms with van der Waals surface area (Å²) < 4.78 is 32.6. The van der Waals surface area contributed by atoms with Crippen LogP contribution in [0.3, 0.4) is 0 Å². The summed E-state index contributed by atoms with van der Waals surface area (Å²) in [5.74, 6) is -0.156. The van der Waals surface area contributed by atoms with Crippen LogP contribution in [0.5, 0.6) is 0 Å². The van der Waals surface area contributed by atoms with Crippen molar-refractivity contribution < 1.29 is 13.5 Å². The lowest BCUT2D eigenvalue weighted by Gasteiger charge is -2.27. The molecule has 0 bridgehead atoms. The van der Waals surface area contributed by atoms with Gasteiger partial charge in [0.05, 0.1) is 19.8 Å². The lowest BCUT2D eigenvalue weighted by atomic mass is 10.1. The Bertz CT molecular complexity index is 844. The predicted octanol–water partition coefficient (Wildman–Crippen LogP) is 3.71. The average molecular weight is 544 g/mol. The zero-order valence-electron chi connectivity index (χ0n) is 17.9. The minimum absolute atomic E-state index is 0. The number of nitrogens with zero attached hydrogens (tertiary/aromatic N) is 2. The van der Waals surface area contributed by atoms with Crippen LogP contribution in [0.2, 0.25) is 0 Å². The highest BCUT2D eigenvalue weighted by Gasteiger charge is 2.12. The van der Waals surface area contributed by atoms with Gasteiger partial charge in [0, 0.05) is 32.7 Å². The van der Waals surface area contributed by atoms with E-state index in [2.05, 4.69) is 33.7 Å². The Morgan fingerprint density at radius 1 is 1.03 bits per heavy atom. The molecule has 0 spiro atoms. The maximum Gasteiger partial charge on any atom is 0.191 e. The van der Waals surface area contributed by atoms with Crippen molar-refractivity contribution in [3.05, 3.63) is 70.8 Å². The number of rotatable bonds is 8. The standard InChI is InChI=1S/C23H30F2N4O.HI/c1-2-26-23(27-10-9-18-15-21(24)7-8-22(18)25)28-16-19-5-3-4-6-20(19)17-29-11-13-30-14-12-29;/h3-8,15H,2,9-14,16-17H2,1H3,(H2,26,27,28);1H. The first kappa shape index (κ1) is 25.5. The first-order valence-electron chi connectivity index (χ1n) is 10.5. The van der Waals surface area contributed by atoms with Crippen molar-refractivity contribution in [1.29, 1.82) is 0 Å². The van der Waals surface area contributed by atoms with E-state index >= 15 is 0 Å². The Morgan fingerprint density at radius 3 is 2.52 bits per heavy atom. The summed E-state index contributed by atoms with van der Waals surface area (Å²) in [5.41, 5.74) is 2.80. The zero-order valence-corrected chi connectivity index (χ0v) is 20.2. The second-order valence-corrected chi connectivity index (χ2v) is 7.26. The van der Waals surface area contributed by atoms with Crippen LogP contribution in [0.4, 0.5) is 8.78 Å². The van der Waals surface area contributed by atoms with Gasteiger partial charge in [0.25, 0.3) is 0 Å². The van der Waals surface area contributed by atoms with Gasteiger partial charge in [-0.1, -0.05) is 24.3 Å². The monoisotopic (exact) mass is 544 g/mol. The minimum Gasteiger partial charge on any atom is -0.379 e. The minimum atomic E-state index is -0.427. The van der Waals surface area contributed by atoms with Gasteiger partial charge in [0.15, 0.2) is 5.96 Å². The first-order chi connectivity index (χ1) is 14.7. The summed E-state index contributed by atoms with van der Waals surface area (Å²) in [6.07, 6.45) is 0.377. The highest BCUT2D eigenvalue weighted by atomic mass is 127. The number of nitrogens with one attached hydrogen (secondary N) is 2. The van der Waals surface area contributed by atoms with Gasteiger partial charge in [-0.15, -0.1) is 24.0 Å². The molecule has 5 nitrogen and oxygen atoms in total. The van der Waals surface area contributed by atoms with Crippen molar-refractivity contribution in [2.24, 2.45) is 4.99 Å². The van der Waals surface area contributed by atoms with E-state index in [0.29, 0.717) is 31.0 Å². The molecule has 1 heterocycles. The van der Waals surface area contributed by atoms with Crippen molar-refractivity contribution in [1.82, 2.24) is 15.5 Å². The average Bonchev–Trinajstić information content (AvgIpc) is 2.76. The summed E-state index contributed by atoms with van der Waals surface area (Å²) in [7, 11) is 0. The Balaban J connectivity index is 0.00000341. The van der Waals surface area contributed by atoms with Gasteiger partial charge in [-0.3, -0.25) is 4.90 Å². The molecule has 0 radical (unpaired) electrons. The van der Waals surface area contributed by atoms with E-state index in [4.69, 9.17) is 9.73 Å². The molecule has 170 valence electrons. The highest BCUT2D eigenvalue weighted by molar-refractivity contribution is 14.0. The fourth-order valence-electron chi connectivity index (χ4n) is 3.42. The van der Waals surface area contributed by atoms with Crippen LogP contribution >= 0.6 is 24.0 Å². The molecule has 2 aromatic rings. The third kappa shape index (κ3) is 8.34. The number of benzene rings is 2. The summed E-state index contributed by atoms with van der Waals surface area (Å²) in [6.45, 7) is 8.05. The van der Waals surface area contributed by atoms with Gasteiger partial charge in [0.1, 0.15) is 11.6 Å². The number of ether oxygens (including phenoxy) is 1. The summed E-state index contributed by atoms with van der Waals surface area (Å²) in [5, 5.41) is 6.42. The number of hydrogen-bond acceptors (Lipinski definition) is 3. The van der Waals surface area contributed by atoms with Crippen molar-refractivity contribution in [3.63, 3.8) is 0 Å². The maximum atomic E-state index is 13.8. The molecule has 31 heavy (non-hydrogen) atoms. The molecule has 0 amide bonds. The molecule has 1 aliphatic heterocycles. The van der Waals surface area contributed by atoms with Crippen LogP contribution in [0.15, 0.2) is 47.5 Å². The Kier molecular flexibility index (Phi) is 11.2. The zero-order chi connectivity index (χ0) is 21.2. The van der Waals surface area contributed by atoms with Crippen LogP contribution in [0.1, 0.15) is 23.6 Å². The smallest absolute Gasteiger partial charge is 0.191 e. The van der Waals surface area contributed by atoms with Crippen LogP contribution in [0, 0.1) is 11.6 Å². The lowest BCUT2D eigenvalue weighted by Crippen LogP contribution is -2.38. The number of hydrogen-bond donors (Lipinski definition) is 2. The third-order valence-corrected chi connectivity index (χ3v) is 5.06. The molecule has 2 N–H and O–H groups in total. The molecule has 0 aromatic heterocycles. The lowest BCUT2D eigenvalue weighted by molar-refractivity contribution is 0.0341. The van der Waals surface area contributed by atoms with Gasteiger partial charge in [0.2, 0.25) is 0 Å². The molecule has 0 aliphatic carbocycles. The van der Waals surface area contributed by atoms with E-state index in [1.165, 1.54) is 17.2 Å². The molecular weight excluding hydrogens is 513 g/mol. The predicted molar refractivity (Wildman–Crippen MR) is 131 cm³/mol. The summed E-state index contributed by atoms with van der Waals surface area (Å²) >= 11 is 0. The van der Waals surface area contributed by atoms with Gasteiger partial charge >= 0.3 is 0 Å². The number of guanidine groups is 1. The quantitative estimate of drug-likeness (QED) is 0.303. The number of halogens is 3. The molecule has 0 saturated carbocycles. The Morgan fingerprint density at radius 2 is 1.77 bits per heavy atom. The normalized spacial score (nSPS) is 14.7. The van der Waals surface area contributed by atoms with E-state index in [0.717, 1.165) is 51.5 Å². The van der Waals surface area contributed by atoms with Crippen molar-refractivity contribution in [2.75, 3.05) is 39.4 Å². The first-order valence-corrected chi connectivity index (χ1v) is 10.5. The molecule has 3 rings (SSSR count). The topological polar surface area (TPSA) is 48.9 Å². The summed E-state index contributed by atoms with van der Waals surface area (Å²) in [6, 6.07) is 11.9. The highest BCUT2D eigenvalue weighted by Crippen LogP contribution is 2.14. The van der Waals surface area contributed by atoms with E-state index in [-0.39, 0.29) is 24.0 Å². The van der Waals surface area contributed by atoms with Gasteiger partial charge in [-0.05, 0) is 48.2 Å². The van der Waals surface area contributed by atoms with Crippen LogP contribution < -0.4 is 10.6 Å². The van der Waals surface area contributed by atoms with E-state index in [1.807, 2.05) is 13.0 Å². The molecule has 8 heteroatoms. The van der Waals surface area contributed by atoms with Gasteiger partial charge in [-0.2, -0.15) is 0 Å². The fourth-order valence-corrected chi connectivity index (χ4v) is 3.42.